The van der Waals surface area contributed by atoms with Gasteiger partial charge in [0.25, 0.3) is 5.69 Å². The molecule has 5 nitrogen and oxygen atoms in total. The van der Waals surface area contributed by atoms with Gasteiger partial charge in [-0.2, -0.15) is 5.06 Å². The summed E-state index contributed by atoms with van der Waals surface area (Å²) in [6.45, 7) is -0.0101. The van der Waals surface area contributed by atoms with Crippen LogP contribution in [0.2, 0.25) is 0 Å². The van der Waals surface area contributed by atoms with Crippen molar-refractivity contribution in [2.75, 3.05) is 7.05 Å². The van der Waals surface area contributed by atoms with E-state index in [4.69, 9.17) is 5.21 Å². The average Bonchev–Trinajstić information content (AvgIpc) is 2.07. The van der Waals surface area contributed by atoms with E-state index in [2.05, 4.69) is 0 Å². The maximum absolute atomic E-state index is 13.1. The molecule has 14 heavy (non-hydrogen) atoms. The monoisotopic (exact) mass is 200 g/mol. The van der Waals surface area contributed by atoms with E-state index in [-0.39, 0.29) is 17.8 Å². The second-order valence-corrected chi connectivity index (χ2v) is 2.85. The Kier molecular flexibility index (Phi) is 3.10. The van der Waals surface area contributed by atoms with E-state index in [0.717, 1.165) is 11.1 Å². The number of hydrogen-bond acceptors (Lipinski definition) is 4. The summed E-state index contributed by atoms with van der Waals surface area (Å²) in [4.78, 5) is 9.59. The molecule has 76 valence electrons. The summed E-state index contributed by atoms with van der Waals surface area (Å²) >= 11 is 0. The topological polar surface area (TPSA) is 66.6 Å². The Morgan fingerprint density at radius 2 is 2.29 bits per heavy atom. The SMILES string of the molecule is CN(O)Cc1ccc([N+](=O)[O-])cc1F. The third-order valence-electron chi connectivity index (χ3n) is 1.65. The molecule has 0 radical (unpaired) electrons. The minimum atomic E-state index is -0.694. The number of nitro benzene ring substituents is 1. The third kappa shape index (κ3) is 2.48. The Bertz CT molecular complexity index is 354. The van der Waals surface area contributed by atoms with Crippen molar-refractivity contribution in [2.45, 2.75) is 6.54 Å². The lowest BCUT2D eigenvalue weighted by atomic mass is 10.2. The summed E-state index contributed by atoms with van der Waals surface area (Å²) in [6.07, 6.45) is 0. The van der Waals surface area contributed by atoms with Crippen molar-refractivity contribution in [1.82, 2.24) is 5.06 Å². The van der Waals surface area contributed by atoms with Crippen LogP contribution in [0.15, 0.2) is 18.2 Å². The second kappa shape index (κ2) is 4.12. The summed E-state index contributed by atoms with van der Waals surface area (Å²) in [7, 11) is 1.36. The molecule has 0 fully saturated rings. The van der Waals surface area contributed by atoms with Gasteiger partial charge in [0.2, 0.25) is 0 Å². The molecule has 1 N–H and O–H groups in total. The first-order valence-electron chi connectivity index (χ1n) is 3.83. The lowest BCUT2D eigenvalue weighted by Gasteiger charge is -2.08. The molecule has 0 saturated carbocycles. The van der Waals surface area contributed by atoms with Crippen molar-refractivity contribution in [1.29, 1.82) is 0 Å². The van der Waals surface area contributed by atoms with Gasteiger partial charge < -0.3 is 5.21 Å². The van der Waals surface area contributed by atoms with Gasteiger partial charge in [-0.3, -0.25) is 10.1 Å². The number of benzene rings is 1. The highest BCUT2D eigenvalue weighted by Gasteiger charge is 2.10. The zero-order valence-electron chi connectivity index (χ0n) is 7.48. The van der Waals surface area contributed by atoms with Crippen LogP contribution in [0.5, 0.6) is 0 Å². The van der Waals surface area contributed by atoms with Crippen LogP contribution >= 0.6 is 0 Å². The maximum Gasteiger partial charge on any atom is 0.272 e. The minimum Gasteiger partial charge on any atom is -0.314 e. The van der Waals surface area contributed by atoms with Gasteiger partial charge in [0, 0.05) is 18.7 Å². The third-order valence-corrected chi connectivity index (χ3v) is 1.65. The zero-order valence-corrected chi connectivity index (χ0v) is 7.48. The number of rotatable bonds is 3. The standard InChI is InChI=1S/C8H9FN2O3/c1-10(12)5-6-2-3-7(11(13)14)4-8(6)9/h2-4,12H,5H2,1H3. The van der Waals surface area contributed by atoms with Crippen LogP contribution in [0.3, 0.4) is 0 Å². The predicted octanol–water partition coefficient (Wildman–Crippen LogP) is 1.55. The lowest BCUT2D eigenvalue weighted by molar-refractivity contribution is -0.385. The van der Waals surface area contributed by atoms with E-state index in [0.29, 0.717) is 0 Å². The molecule has 0 saturated heterocycles. The van der Waals surface area contributed by atoms with Crippen molar-refractivity contribution in [3.05, 3.63) is 39.7 Å². The quantitative estimate of drug-likeness (QED) is 0.593. The Hall–Kier alpha value is -1.53. The maximum atomic E-state index is 13.1. The van der Waals surface area contributed by atoms with Crippen LogP contribution < -0.4 is 0 Å². The van der Waals surface area contributed by atoms with Crippen molar-refractivity contribution in [2.24, 2.45) is 0 Å². The van der Waals surface area contributed by atoms with Crippen LogP contribution in [0.4, 0.5) is 10.1 Å². The molecule has 0 aliphatic heterocycles. The van der Waals surface area contributed by atoms with Gasteiger partial charge in [0.05, 0.1) is 17.5 Å². The van der Waals surface area contributed by atoms with Gasteiger partial charge in [-0.25, -0.2) is 4.39 Å². The van der Waals surface area contributed by atoms with Crippen molar-refractivity contribution in [3.63, 3.8) is 0 Å². The molecule has 0 unspecified atom stereocenters. The van der Waals surface area contributed by atoms with Crippen molar-refractivity contribution >= 4 is 5.69 Å². The molecule has 0 bridgehead atoms. The van der Waals surface area contributed by atoms with Crippen molar-refractivity contribution < 1.29 is 14.5 Å². The summed E-state index contributed by atoms with van der Waals surface area (Å²) < 4.78 is 13.1. The molecule has 6 heteroatoms. The minimum absolute atomic E-state index is 0.0101. The van der Waals surface area contributed by atoms with E-state index in [1.165, 1.54) is 19.2 Å². The molecule has 0 aliphatic carbocycles. The smallest absolute Gasteiger partial charge is 0.272 e. The van der Waals surface area contributed by atoms with Gasteiger partial charge in [0.15, 0.2) is 0 Å². The Morgan fingerprint density at radius 3 is 2.71 bits per heavy atom. The van der Waals surface area contributed by atoms with Crippen molar-refractivity contribution in [3.8, 4) is 0 Å². The molecule has 1 rings (SSSR count). The number of nitro groups is 1. The van der Waals surface area contributed by atoms with E-state index < -0.39 is 10.7 Å². The fourth-order valence-electron chi connectivity index (χ4n) is 1.02. The number of non-ortho nitro benzene ring substituents is 1. The molecule has 0 amide bonds. The largest absolute Gasteiger partial charge is 0.314 e. The van der Waals surface area contributed by atoms with Gasteiger partial charge in [-0.1, -0.05) is 0 Å². The normalized spacial score (nSPS) is 10.6. The first kappa shape index (κ1) is 10.6. The molecule has 1 aromatic carbocycles. The van der Waals surface area contributed by atoms with Gasteiger partial charge >= 0.3 is 0 Å². The summed E-state index contributed by atoms with van der Waals surface area (Å²) in [5, 5.41) is 19.9. The number of hydrogen-bond donors (Lipinski definition) is 1. The fourth-order valence-corrected chi connectivity index (χ4v) is 1.02. The van der Waals surface area contributed by atoms with Gasteiger partial charge in [-0.15, -0.1) is 0 Å². The summed E-state index contributed by atoms with van der Waals surface area (Å²) in [5.74, 6) is -0.694. The summed E-state index contributed by atoms with van der Waals surface area (Å²) in [6, 6.07) is 3.31. The Morgan fingerprint density at radius 1 is 1.64 bits per heavy atom. The van der Waals surface area contributed by atoms with Crippen LogP contribution in [0.1, 0.15) is 5.56 Å². The van der Waals surface area contributed by atoms with E-state index >= 15 is 0 Å². The average molecular weight is 200 g/mol. The van der Waals surface area contributed by atoms with Crippen LogP contribution in [-0.2, 0) is 6.54 Å². The summed E-state index contributed by atoms with van der Waals surface area (Å²) in [5.41, 5.74) is -0.0903. The molecule has 0 spiro atoms. The van der Waals surface area contributed by atoms with E-state index in [1.807, 2.05) is 0 Å². The predicted molar refractivity (Wildman–Crippen MR) is 46.3 cm³/mol. The molecule has 0 aromatic heterocycles. The molecule has 0 heterocycles. The molecule has 0 aliphatic rings. The highest BCUT2D eigenvalue weighted by atomic mass is 19.1. The van der Waals surface area contributed by atoms with E-state index in [1.54, 1.807) is 0 Å². The highest BCUT2D eigenvalue weighted by molar-refractivity contribution is 5.34. The molecular weight excluding hydrogens is 191 g/mol. The first-order valence-corrected chi connectivity index (χ1v) is 3.83. The number of halogens is 1. The van der Waals surface area contributed by atoms with Crippen LogP contribution in [0, 0.1) is 15.9 Å². The lowest BCUT2D eigenvalue weighted by Crippen LogP contribution is -2.12. The van der Waals surface area contributed by atoms with Gasteiger partial charge in [-0.05, 0) is 6.07 Å². The second-order valence-electron chi connectivity index (χ2n) is 2.85. The fraction of sp³-hybridized carbons (Fsp3) is 0.250. The first-order chi connectivity index (χ1) is 6.50. The zero-order chi connectivity index (χ0) is 10.7. The molecular formula is C8H9FN2O3. The van der Waals surface area contributed by atoms with Crippen LogP contribution in [-0.4, -0.2) is 22.2 Å². The van der Waals surface area contributed by atoms with E-state index in [9.17, 15) is 14.5 Å². The van der Waals surface area contributed by atoms with Crippen LogP contribution in [0.25, 0.3) is 0 Å². The Balaban J connectivity index is 2.95. The molecule has 0 atom stereocenters. The number of nitrogens with zero attached hydrogens (tertiary/aromatic N) is 2. The molecule has 1 aromatic rings. The highest BCUT2D eigenvalue weighted by Crippen LogP contribution is 2.17. The Labute approximate surface area is 79.5 Å². The number of hydroxylamine groups is 2. The van der Waals surface area contributed by atoms with Gasteiger partial charge in [0.1, 0.15) is 5.82 Å².